The van der Waals surface area contributed by atoms with Gasteiger partial charge in [0.2, 0.25) is 0 Å². The minimum Gasteiger partial charge on any atom is -0.397 e. The highest BCUT2D eigenvalue weighted by atomic mass is 16.1. The Balaban J connectivity index is 2.08. The van der Waals surface area contributed by atoms with Crippen molar-refractivity contribution < 1.29 is 4.79 Å². The normalized spacial score (nSPS) is 10.1. The molecule has 0 aliphatic carbocycles. The topological polar surface area (TPSA) is 68.0 Å². The zero-order valence-corrected chi connectivity index (χ0v) is 10.2. The predicted molar refractivity (Wildman–Crippen MR) is 72.4 cm³/mol. The van der Waals surface area contributed by atoms with E-state index in [2.05, 4.69) is 10.3 Å². The first kappa shape index (κ1) is 12.1. The van der Waals surface area contributed by atoms with E-state index in [9.17, 15) is 4.79 Å². The van der Waals surface area contributed by atoms with Crippen molar-refractivity contribution in [1.82, 2.24) is 4.98 Å². The van der Waals surface area contributed by atoms with Crippen molar-refractivity contribution in [2.45, 2.75) is 13.5 Å². The second-order valence-electron chi connectivity index (χ2n) is 4.07. The van der Waals surface area contributed by atoms with Crippen LogP contribution in [-0.4, -0.2) is 10.8 Å². The zero-order chi connectivity index (χ0) is 13.0. The molecule has 0 aliphatic rings. The van der Waals surface area contributed by atoms with E-state index in [1.807, 2.05) is 18.2 Å². The monoisotopic (exact) mass is 241 g/mol. The fourth-order valence-electron chi connectivity index (χ4n) is 1.64. The number of hydrogen-bond acceptors (Lipinski definition) is 4. The Morgan fingerprint density at radius 2 is 2.22 bits per heavy atom. The number of pyridine rings is 1. The maximum Gasteiger partial charge on any atom is 0.159 e. The minimum atomic E-state index is 0.0144. The predicted octanol–water partition coefficient (Wildman–Crippen LogP) is 2.48. The molecule has 0 fully saturated rings. The van der Waals surface area contributed by atoms with E-state index in [1.165, 1.54) is 6.92 Å². The van der Waals surface area contributed by atoms with E-state index in [0.717, 1.165) is 11.3 Å². The lowest BCUT2D eigenvalue weighted by molar-refractivity contribution is 0.101. The van der Waals surface area contributed by atoms with Crippen LogP contribution in [0.1, 0.15) is 22.8 Å². The van der Waals surface area contributed by atoms with Gasteiger partial charge in [-0.2, -0.15) is 0 Å². The van der Waals surface area contributed by atoms with Gasteiger partial charge in [0, 0.05) is 24.5 Å². The van der Waals surface area contributed by atoms with Gasteiger partial charge in [-0.3, -0.25) is 9.78 Å². The second kappa shape index (κ2) is 5.31. The molecule has 0 unspecified atom stereocenters. The number of nitrogen functional groups attached to an aromatic ring is 1. The number of nitrogens with one attached hydrogen (secondary N) is 1. The molecule has 0 radical (unpaired) electrons. The van der Waals surface area contributed by atoms with Crippen LogP contribution in [0.2, 0.25) is 0 Å². The number of ketones is 1. The number of Topliss-reactive ketones (excluding diaryl/α,β-unsaturated/α-hetero) is 1. The number of benzene rings is 1. The summed E-state index contributed by atoms with van der Waals surface area (Å²) >= 11 is 0. The van der Waals surface area contributed by atoms with E-state index in [0.29, 0.717) is 17.8 Å². The molecule has 1 aromatic heterocycles. The zero-order valence-electron chi connectivity index (χ0n) is 10.2. The summed E-state index contributed by atoms with van der Waals surface area (Å²) in [5.74, 6) is 0.0144. The van der Waals surface area contributed by atoms with E-state index >= 15 is 0 Å². The van der Waals surface area contributed by atoms with Crippen LogP contribution >= 0.6 is 0 Å². The van der Waals surface area contributed by atoms with Gasteiger partial charge >= 0.3 is 0 Å². The van der Waals surface area contributed by atoms with Crippen molar-refractivity contribution in [3.05, 3.63) is 53.9 Å². The van der Waals surface area contributed by atoms with Gasteiger partial charge in [0.1, 0.15) is 0 Å². The maximum absolute atomic E-state index is 11.2. The third-order valence-electron chi connectivity index (χ3n) is 2.66. The fourth-order valence-corrected chi connectivity index (χ4v) is 1.64. The van der Waals surface area contributed by atoms with Crippen LogP contribution < -0.4 is 11.1 Å². The second-order valence-corrected chi connectivity index (χ2v) is 4.07. The first-order valence-corrected chi connectivity index (χ1v) is 5.70. The smallest absolute Gasteiger partial charge is 0.159 e. The number of carbonyl (C=O) groups excluding carboxylic acids is 1. The van der Waals surface area contributed by atoms with Crippen LogP contribution in [0.3, 0.4) is 0 Å². The van der Waals surface area contributed by atoms with Crippen molar-refractivity contribution in [3.63, 3.8) is 0 Å². The number of anilines is 2. The molecular weight excluding hydrogens is 226 g/mol. The van der Waals surface area contributed by atoms with Crippen molar-refractivity contribution in [2.24, 2.45) is 0 Å². The van der Waals surface area contributed by atoms with Crippen molar-refractivity contribution >= 4 is 17.2 Å². The molecule has 1 heterocycles. The Labute approximate surface area is 106 Å². The quantitative estimate of drug-likeness (QED) is 0.637. The summed E-state index contributed by atoms with van der Waals surface area (Å²) in [5, 5.41) is 3.22. The summed E-state index contributed by atoms with van der Waals surface area (Å²) in [5.41, 5.74) is 8.99. The number of carbonyl (C=O) groups is 1. The Hall–Kier alpha value is -2.36. The molecule has 4 heteroatoms. The first-order valence-electron chi connectivity index (χ1n) is 5.70. The molecule has 2 rings (SSSR count). The maximum atomic E-state index is 11.2. The number of nitrogens with two attached hydrogens (primary N) is 1. The van der Waals surface area contributed by atoms with Crippen LogP contribution in [0.25, 0.3) is 0 Å². The number of aromatic nitrogens is 1. The Morgan fingerprint density at radius 1 is 1.39 bits per heavy atom. The molecule has 1 aromatic carbocycles. The van der Waals surface area contributed by atoms with Crippen LogP contribution in [0.15, 0.2) is 42.7 Å². The molecule has 0 aliphatic heterocycles. The standard InChI is InChI=1S/C14H15N3O/c1-10(18)12-4-5-14(13(15)7-12)17-9-11-3-2-6-16-8-11/h2-8,17H,9,15H2,1H3. The summed E-state index contributed by atoms with van der Waals surface area (Å²) < 4.78 is 0. The van der Waals surface area contributed by atoms with Gasteiger partial charge in [0.25, 0.3) is 0 Å². The molecular formula is C14H15N3O. The van der Waals surface area contributed by atoms with E-state index in [-0.39, 0.29) is 5.78 Å². The summed E-state index contributed by atoms with van der Waals surface area (Å²) in [6.45, 7) is 2.18. The highest BCUT2D eigenvalue weighted by Gasteiger charge is 2.03. The summed E-state index contributed by atoms with van der Waals surface area (Å²) in [6, 6.07) is 9.15. The molecule has 3 N–H and O–H groups in total. The van der Waals surface area contributed by atoms with Gasteiger partial charge in [-0.15, -0.1) is 0 Å². The third kappa shape index (κ3) is 2.85. The number of rotatable bonds is 4. The van der Waals surface area contributed by atoms with Gasteiger partial charge in [0.05, 0.1) is 11.4 Å². The molecule has 0 atom stereocenters. The van der Waals surface area contributed by atoms with Gasteiger partial charge in [0.15, 0.2) is 5.78 Å². The van der Waals surface area contributed by atoms with Crippen LogP contribution in [0, 0.1) is 0 Å². The van der Waals surface area contributed by atoms with Crippen LogP contribution in [0.4, 0.5) is 11.4 Å². The van der Waals surface area contributed by atoms with Gasteiger partial charge in [-0.05, 0) is 36.8 Å². The molecule has 0 saturated heterocycles. The highest BCUT2D eigenvalue weighted by Crippen LogP contribution is 2.20. The van der Waals surface area contributed by atoms with Crippen molar-refractivity contribution in [1.29, 1.82) is 0 Å². The molecule has 92 valence electrons. The lowest BCUT2D eigenvalue weighted by atomic mass is 10.1. The highest BCUT2D eigenvalue weighted by molar-refractivity contribution is 5.95. The Kier molecular flexibility index (Phi) is 3.57. The average Bonchev–Trinajstić information content (AvgIpc) is 2.38. The lowest BCUT2D eigenvalue weighted by Gasteiger charge is -2.10. The Bertz CT molecular complexity index is 552. The van der Waals surface area contributed by atoms with Gasteiger partial charge < -0.3 is 11.1 Å². The summed E-state index contributed by atoms with van der Waals surface area (Å²) in [4.78, 5) is 15.2. The van der Waals surface area contributed by atoms with Gasteiger partial charge in [-0.1, -0.05) is 6.07 Å². The van der Waals surface area contributed by atoms with E-state index in [4.69, 9.17) is 5.73 Å². The molecule has 0 bridgehead atoms. The largest absolute Gasteiger partial charge is 0.397 e. The number of nitrogens with zero attached hydrogens (tertiary/aromatic N) is 1. The first-order chi connectivity index (χ1) is 8.66. The van der Waals surface area contributed by atoms with Crippen LogP contribution in [-0.2, 0) is 6.54 Å². The van der Waals surface area contributed by atoms with Crippen LogP contribution in [0.5, 0.6) is 0 Å². The van der Waals surface area contributed by atoms with Crippen molar-refractivity contribution in [2.75, 3.05) is 11.1 Å². The SMILES string of the molecule is CC(=O)c1ccc(NCc2cccnc2)c(N)c1. The fraction of sp³-hybridized carbons (Fsp3) is 0.143. The molecule has 0 saturated carbocycles. The minimum absolute atomic E-state index is 0.0144. The van der Waals surface area contributed by atoms with E-state index < -0.39 is 0 Å². The van der Waals surface area contributed by atoms with E-state index in [1.54, 1.807) is 24.5 Å². The molecule has 0 amide bonds. The lowest BCUT2D eigenvalue weighted by Crippen LogP contribution is -2.04. The van der Waals surface area contributed by atoms with Gasteiger partial charge in [-0.25, -0.2) is 0 Å². The summed E-state index contributed by atoms with van der Waals surface area (Å²) in [6.07, 6.45) is 3.53. The third-order valence-corrected chi connectivity index (χ3v) is 2.66. The summed E-state index contributed by atoms with van der Waals surface area (Å²) in [7, 11) is 0. The molecule has 18 heavy (non-hydrogen) atoms. The molecule has 0 spiro atoms. The molecule has 4 nitrogen and oxygen atoms in total. The molecule has 2 aromatic rings. The van der Waals surface area contributed by atoms with Crippen molar-refractivity contribution in [3.8, 4) is 0 Å². The Morgan fingerprint density at radius 3 is 2.83 bits per heavy atom. The average molecular weight is 241 g/mol. The number of hydrogen-bond donors (Lipinski definition) is 2.